The zero-order valence-corrected chi connectivity index (χ0v) is 10.6. The van der Waals surface area contributed by atoms with Gasteiger partial charge in [0.25, 0.3) is 0 Å². The third-order valence-electron chi connectivity index (χ3n) is 2.62. The number of hydrogen-bond donors (Lipinski definition) is 1. The molecule has 1 N–H and O–H groups in total. The zero-order valence-electron chi connectivity index (χ0n) is 10.6. The summed E-state index contributed by atoms with van der Waals surface area (Å²) in [5.74, 6) is -0.938. The van der Waals surface area contributed by atoms with Crippen LogP contribution in [0.1, 0.15) is 23.7 Å². The molecule has 0 radical (unpaired) electrons. The van der Waals surface area contributed by atoms with E-state index in [1.807, 2.05) is 0 Å². The van der Waals surface area contributed by atoms with Crippen LogP contribution in [0, 0.1) is 5.92 Å². The van der Waals surface area contributed by atoms with Gasteiger partial charge < -0.3 is 14.6 Å². The third kappa shape index (κ3) is 3.23. The number of hydrogen-bond acceptors (Lipinski definition) is 4. The number of rotatable bonds is 6. The molecule has 0 aliphatic rings. The van der Waals surface area contributed by atoms with Gasteiger partial charge in [-0.25, -0.2) is 0 Å². The van der Waals surface area contributed by atoms with Gasteiger partial charge in [0.1, 0.15) is 0 Å². The normalized spacial score (nSPS) is 11.7. The summed E-state index contributed by atoms with van der Waals surface area (Å²) in [5.41, 5.74) is 0.417. The first kappa shape index (κ1) is 14.0. The number of methoxy groups -OCH3 is 2. The van der Waals surface area contributed by atoms with E-state index >= 15 is 0 Å². The van der Waals surface area contributed by atoms with E-state index in [-0.39, 0.29) is 12.2 Å². The molecule has 18 heavy (non-hydrogen) atoms. The highest BCUT2D eigenvalue weighted by atomic mass is 16.5. The maximum Gasteiger partial charge on any atom is 0.306 e. The molecule has 0 aliphatic carbocycles. The summed E-state index contributed by atoms with van der Waals surface area (Å²) in [6, 6.07) is 4.77. The standard InChI is InChI=1S/C13H16O5/c1-8(13(15)16)6-10(14)9-4-5-11(17-2)12(7-9)18-3/h4-5,7-8H,6H2,1-3H3,(H,15,16)/t8-/m1/s1. The molecule has 5 nitrogen and oxygen atoms in total. The number of carbonyl (C=O) groups is 2. The summed E-state index contributed by atoms with van der Waals surface area (Å²) in [5, 5.41) is 8.76. The monoisotopic (exact) mass is 252 g/mol. The molecule has 1 atom stereocenters. The molecule has 1 rings (SSSR count). The third-order valence-corrected chi connectivity index (χ3v) is 2.62. The fourth-order valence-electron chi connectivity index (χ4n) is 1.49. The Bertz CT molecular complexity index is 453. The molecule has 0 aromatic heterocycles. The Morgan fingerprint density at radius 1 is 1.22 bits per heavy atom. The van der Waals surface area contributed by atoms with Crippen molar-refractivity contribution in [2.24, 2.45) is 5.92 Å². The molecular formula is C13H16O5. The van der Waals surface area contributed by atoms with Gasteiger partial charge in [-0.15, -0.1) is 0 Å². The van der Waals surface area contributed by atoms with Crippen LogP contribution in [-0.2, 0) is 4.79 Å². The second-order valence-electron chi connectivity index (χ2n) is 3.94. The molecule has 5 heteroatoms. The molecule has 98 valence electrons. The first-order valence-corrected chi connectivity index (χ1v) is 5.47. The number of ether oxygens (including phenoxy) is 2. The molecule has 0 fully saturated rings. The lowest BCUT2D eigenvalue weighted by molar-refractivity contribution is -0.141. The van der Waals surface area contributed by atoms with Crippen LogP contribution in [0.3, 0.4) is 0 Å². The van der Waals surface area contributed by atoms with Crippen molar-refractivity contribution in [3.05, 3.63) is 23.8 Å². The number of carboxylic acids is 1. The lowest BCUT2D eigenvalue weighted by Crippen LogP contribution is -2.14. The molecule has 0 amide bonds. The van der Waals surface area contributed by atoms with E-state index in [1.165, 1.54) is 21.1 Å². The van der Waals surface area contributed by atoms with E-state index in [2.05, 4.69) is 0 Å². The Labute approximate surface area is 105 Å². The van der Waals surface area contributed by atoms with Gasteiger partial charge in [0.05, 0.1) is 20.1 Å². The molecule has 1 aromatic rings. The van der Waals surface area contributed by atoms with Crippen LogP contribution in [0.25, 0.3) is 0 Å². The number of benzene rings is 1. The molecule has 0 saturated heterocycles. The van der Waals surface area contributed by atoms with Gasteiger partial charge in [-0.2, -0.15) is 0 Å². The minimum Gasteiger partial charge on any atom is -0.493 e. The molecule has 0 aliphatic heterocycles. The molecular weight excluding hydrogens is 236 g/mol. The van der Waals surface area contributed by atoms with E-state index < -0.39 is 11.9 Å². The molecule has 0 spiro atoms. The van der Waals surface area contributed by atoms with Crippen molar-refractivity contribution in [1.29, 1.82) is 0 Å². The number of carboxylic acid groups (broad SMARTS) is 1. The maximum atomic E-state index is 11.9. The highest BCUT2D eigenvalue weighted by molar-refractivity contribution is 5.98. The Kier molecular flexibility index (Phi) is 4.71. The van der Waals surface area contributed by atoms with Gasteiger partial charge in [-0.1, -0.05) is 6.92 Å². The van der Waals surface area contributed by atoms with E-state index in [0.29, 0.717) is 17.1 Å². The summed E-state index contributed by atoms with van der Waals surface area (Å²) in [6.45, 7) is 1.50. The van der Waals surface area contributed by atoms with Crippen molar-refractivity contribution >= 4 is 11.8 Å². The fraction of sp³-hybridized carbons (Fsp3) is 0.385. The average Bonchev–Trinajstić information content (AvgIpc) is 2.37. The predicted molar refractivity (Wildman–Crippen MR) is 65.3 cm³/mol. The minimum atomic E-state index is -0.983. The molecule has 1 aromatic carbocycles. The second kappa shape index (κ2) is 6.05. The SMILES string of the molecule is COc1ccc(C(=O)C[C@@H](C)C(=O)O)cc1OC. The fourth-order valence-corrected chi connectivity index (χ4v) is 1.49. The second-order valence-corrected chi connectivity index (χ2v) is 3.94. The average molecular weight is 252 g/mol. The van der Waals surface area contributed by atoms with Crippen LogP contribution in [-0.4, -0.2) is 31.1 Å². The topological polar surface area (TPSA) is 72.8 Å². The molecule has 0 unspecified atom stereocenters. The quantitative estimate of drug-likeness (QED) is 0.784. The van der Waals surface area contributed by atoms with Crippen LogP contribution >= 0.6 is 0 Å². The Hall–Kier alpha value is -2.04. The van der Waals surface area contributed by atoms with E-state index in [1.54, 1.807) is 18.2 Å². The number of aliphatic carboxylic acids is 1. The lowest BCUT2D eigenvalue weighted by atomic mass is 9.99. The summed E-state index contributed by atoms with van der Waals surface area (Å²) in [4.78, 5) is 22.6. The smallest absolute Gasteiger partial charge is 0.306 e. The summed E-state index contributed by atoms with van der Waals surface area (Å²) < 4.78 is 10.1. The highest BCUT2D eigenvalue weighted by Crippen LogP contribution is 2.28. The molecule has 0 saturated carbocycles. The van der Waals surface area contributed by atoms with E-state index in [0.717, 1.165) is 0 Å². The van der Waals surface area contributed by atoms with Gasteiger partial charge in [-0.05, 0) is 18.2 Å². The van der Waals surface area contributed by atoms with Crippen LogP contribution in [0.15, 0.2) is 18.2 Å². The summed E-state index contributed by atoms with van der Waals surface area (Å²) >= 11 is 0. The van der Waals surface area contributed by atoms with Crippen LogP contribution in [0.5, 0.6) is 11.5 Å². The Morgan fingerprint density at radius 3 is 2.33 bits per heavy atom. The lowest BCUT2D eigenvalue weighted by Gasteiger charge is -2.10. The van der Waals surface area contributed by atoms with Crippen molar-refractivity contribution in [1.82, 2.24) is 0 Å². The van der Waals surface area contributed by atoms with Crippen LogP contribution in [0.4, 0.5) is 0 Å². The largest absolute Gasteiger partial charge is 0.493 e. The number of carbonyl (C=O) groups excluding carboxylic acids is 1. The van der Waals surface area contributed by atoms with Crippen molar-refractivity contribution in [2.75, 3.05) is 14.2 Å². The minimum absolute atomic E-state index is 0.0369. The molecule has 0 heterocycles. The van der Waals surface area contributed by atoms with Crippen LogP contribution in [0.2, 0.25) is 0 Å². The van der Waals surface area contributed by atoms with Crippen molar-refractivity contribution in [2.45, 2.75) is 13.3 Å². The van der Waals surface area contributed by atoms with Crippen molar-refractivity contribution in [3.8, 4) is 11.5 Å². The van der Waals surface area contributed by atoms with Crippen LogP contribution < -0.4 is 9.47 Å². The van der Waals surface area contributed by atoms with E-state index in [9.17, 15) is 9.59 Å². The van der Waals surface area contributed by atoms with Gasteiger partial charge in [0.2, 0.25) is 0 Å². The van der Waals surface area contributed by atoms with Gasteiger partial charge in [-0.3, -0.25) is 9.59 Å². The van der Waals surface area contributed by atoms with Gasteiger partial charge in [0, 0.05) is 12.0 Å². The summed E-state index contributed by atoms with van der Waals surface area (Å²) in [7, 11) is 2.98. The van der Waals surface area contributed by atoms with Gasteiger partial charge >= 0.3 is 5.97 Å². The predicted octanol–water partition coefficient (Wildman–Crippen LogP) is 2.00. The van der Waals surface area contributed by atoms with Crippen molar-refractivity contribution in [3.63, 3.8) is 0 Å². The summed E-state index contributed by atoms with van der Waals surface area (Å²) in [6.07, 6.45) is -0.0369. The first-order chi connectivity index (χ1) is 8.49. The zero-order chi connectivity index (χ0) is 13.7. The highest BCUT2D eigenvalue weighted by Gasteiger charge is 2.18. The maximum absolute atomic E-state index is 11.9. The Balaban J connectivity index is 2.90. The number of ketones is 1. The first-order valence-electron chi connectivity index (χ1n) is 5.47. The number of Topliss-reactive ketones (excluding diaryl/α,β-unsaturated/α-hetero) is 1. The Morgan fingerprint density at radius 2 is 1.83 bits per heavy atom. The van der Waals surface area contributed by atoms with E-state index in [4.69, 9.17) is 14.6 Å². The molecule has 0 bridgehead atoms. The van der Waals surface area contributed by atoms with Gasteiger partial charge in [0.15, 0.2) is 17.3 Å². The van der Waals surface area contributed by atoms with Crippen molar-refractivity contribution < 1.29 is 24.2 Å².